The van der Waals surface area contributed by atoms with Crippen LogP contribution in [0.25, 0.3) is 0 Å². The van der Waals surface area contributed by atoms with Crippen molar-refractivity contribution >= 4 is 17.6 Å². The molecule has 112 valence electrons. The molecule has 1 aliphatic carbocycles. The zero-order valence-corrected chi connectivity index (χ0v) is 12.3. The lowest BCUT2D eigenvalue weighted by molar-refractivity contribution is -0.117. The van der Waals surface area contributed by atoms with Crippen molar-refractivity contribution in [2.24, 2.45) is 0 Å². The fourth-order valence-corrected chi connectivity index (χ4v) is 3.12. The predicted molar refractivity (Wildman–Crippen MR) is 81.2 cm³/mol. The number of carbonyl (C=O) groups is 2. The lowest BCUT2D eigenvalue weighted by atomic mass is 10.1. The Balaban J connectivity index is 1.55. The van der Waals surface area contributed by atoms with Crippen molar-refractivity contribution in [3.8, 4) is 0 Å². The molecule has 2 N–H and O–H groups in total. The van der Waals surface area contributed by atoms with Crippen LogP contribution in [0.2, 0.25) is 0 Å². The first-order valence-electron chi connectivity index (χ1n) is 7.56. The molecule has 1 aliphatic heterocycles. The number of rotatable bonds is 3. The maximum atomic E-state index is 11.8. The van der Waals surface area contributed by atoms with E-state index < -0.39 is 0 Å². The fraction of sp³-hybridized carbons (Fsp3) is 0.500. The summed E-state index contributed by atoms with van der Waals surface area (Å²) < 4.78 is 0. The Morgan fingerprint density at radius 2 is 2.10 bits per heavy atom. The minimum atomic E-state index is -0.101. The van der Waals surface area contributed by atoms with Crippen molar-refractivity contribution in [3.05, 3.63) is 29.3 Å². The first-order valence-corrected chi connectivity index (χ1v) is 7.56. The molecule has 5 nitrogen and oxygen atoms in total. The summed E-state index contributed by atoms with van der Waals surface area (Å²) in [6.45, 7) is 0.490. The van der Waals surface area contributed by atoms with Crippen LogP contribution in [0.1, 0.15) is 36.8 Å². The average Bonchev–Trinajstić information content (AvgIpc) is 3.06. The quantitative estimate of drug-likeness (QED) is 0.892. The van der Waals surface area contributed by atoms with Gasteiger partial charge in [0.25, 0.3) is 0 Å². The highest BCUT2D eigenvalue weighted by atomic mass is 16.2. The number of benzene rings is 1. The Labute approximate surface area is 124 Å². The van der Waals surface area contributed by atoms with Gasteiger partial charge in [-0.15, -0.1) is 0 Å². The van der Waals surface area contributed by atoms with Crippen molar-refractivity contribution in [1.82, 2.24) is 10.6 Å². The van der Waals surface area contributed by atoms with Gasteiger partial charge in [0.05, 0.1) is 6.42 Å². The number of carbonyl (C=O) groups excluding carboxylic acids is 2. The number of anilines is 1. The molecule has 0 spiro atoms. The Bertz CT molecular complexity index is 565. The molecule has 1 saturated carbocycles. The summed E-state index contributed by atoms with van der Waals surface area (Å²) in [7, 11) is 1.79. The lowest BCUT2D eigenvalue weighted by Gasteiger charge is -2.14. The molecule has 21 heavy (non-hydrogen) atoms. The molecule has 2 aliphatic rings. The fourth-order valence-electron chi connectivity index (χ4n) is 3.12. The summed E-state index contributed by atoms with van der Waals surface area (Å²) in [5, 5.41) is 5.89. The van der Waals surface area contributed by atoms with Gasteiger partial charge in [-0.05, 0) is 30.0 Å². The molecule has 0 radical (unpaired) electrons. The molecule has 3 amide bonds. The first-order chi connectivity index (χ1) is 10.1. The Hall–Kier alpha value is -2.04. The SMILES string of the molecule is CN1C(=O)Cc2cc(CNC(=O)NC3CCCC3)ccc21. The molecule has 1 heterocycles. The predicted octanol–water partition coefficient (Wildman–Crippen LogP) is 1.95. The van der Waals surface area contributed by atoms with Crippen LogP contribution in [0.4, 0.5) is 10.5 Å². The molecule has 1 aromatic rings. The third-order valence-corrected chi connectivity index (χ3v) is 4.36. The number of hydrogen-bond acceptors (Lipinski definition) is 2. The van der Waals surface area contributed by atoms with E-state index in [0.717, 1.165) is 29.7 Å². The van der Waals surface area contributed by atoms with Gasteiger partial charge in [0.2, 0.25) is 5.91 Å². The van der Waals surface area contributed by atoms with E-state index in [4.69, 9.17) is 0 Å². The smallest absolute Gasteiger partial charge is 0.315 e. The van der Waals surface area contributed by atoms with Gasteiger partial charge in [0.15, 0.2) is 0 Å². The van der Waals surface area contributed by atoms with E-state index in [0.29, 0.717) is 19.0 Å². The van der Waals surface area contributed by atoms with Crippen LogP contribution >= 0.6 is 0 Å². The highest BCUT2D eigenvalue weighted by molar-refractivity contribution is 6.00. The van der Waals surface area contributed by atoms with E-state index in [-0.39, 0.29) is 11.9 Å². The van der Waals surface area contributed by atoms with Gasteiger partial charge in [-0.1, -0.05) is 25.0 Å². The van der Waals surface area contributed by atoms with Gasteiger partial charge < -0.3 is 15.5 Å². The molecule has 0 saturated heterocycles. The van der Waals surface area contributed by atoms with Crippen molar-refractivity contribution < 1.29 is 9.59 Å². The Kier molecular flexibility index (Phi) is 3.82. The topological polar surface area (TPSA) is 61.4 Å². The number of likely N-dealkylation sites (N-methyl/N-ethyl adjacent to an activating group) is 1. The second-order valence-corrected chi connectivity index (χ2v) is 5.90. The number of amides is 3. The van der Waals surface area contributed by atoms with E-state index >= 15 is 0 Å². The maximum absolute atomic E-state index is 11.8. The highest BCUT2D eigenvalue weighted by Gasteiger charge is 2.23. The molecular weight excluding hydrogens is 266 g/mol. The second-order valence-electron chi connectivity index (χ2n) is 5.90. The van der Waals surface area contributed by atoms with Crippen molar-refractivity contribution in [3.63, 3.8) is 0 Å². The van der Waals surface area contributed by atoms with Gasteiger partial charge in [0.1, 0.15) is 0 Å². The lowest BCUT2D eigenvalue weighted by Crippen LogP contribution is -2.40. The summed E-state index contributed by atoms with van der Waals surface area (Å²) in [5.74, 6) is 0.120. The van der Waals surface area contributed by atoms with E-state index in [9.17, 15) is 9.59 Å². The maximum Gasteiger partial charge on any atom is 0.315 e. The minimum absolute atomic E-state index is 0.101. The summed E-state index contributed by atoms with van der Waals surface area (Å²) >= 11 is 0. The van der Waals surface area contributed by atoms with Crippen molar-refractivity contribution in [1.29, 1.82) is 0 Å². The average molecular weight is 287 g/mol. The van der Waals surface area contributed by atoms with Crippen LogP contribution in [0.15, 0.2) is 18.2 Å². The molecule has 1 fully saturated rings. The van der Waals surface area contributed by atoms with Crippen LogP contribution in [0.3, 0.4) is 0 Å². The summed E-state index contributed by atoms with van der Waals surface area (Å²) in [5.41, 5.74) is 3.04. The molecule has 1 aromatic carbocycles. The number of hydrogen-bond donors (Lipinski definition) is 2. The first kappa shape index (κ1) is 13.9. The molecule has 0 unspecified atom stereocenters. The minimum Gasteiger partial charge on any atom is -0.335 e. The monoisotopic (exact) mass is 287 g/mol. The van der Waals surface area contributed by atoms with E-state index in [1.54, 1.807) is 11.9 Å². The summed E-state index contributed by atoms with van der Waals surface area (Å²) in [6.07, 6.45) is 5.03. The largest absolute Gasteiger partial charge is 0.335 e. The number of nitrogens with zero attached hydrogens (tertiary/aromatic N) is 1. The Morgan fingerprint density at radius 1 is 1.33 bits per heavy atom. The zero-order valence-electron chi connectivity index (χ0n) is 12.3. The van der Waals surface area contributed by atoms with Crippen LogP contribution in [-0.2, 0) is 17.8 Å². The number of nitrogens with one attached hydrogen (secondary N) is 2. The molecule has 3 rings (SSSR count). The second kappa shape index (κ2) is 5.76. The molecule has 5 heteroatoms. The zero-order chi connectivity index (χ0) is 14.8. The Morgan fingerprint density at radius 3 is 2.86 bits per heavy atom. The van der Waals surface area contributed by atoms with Crippen molar-refractivity contribution in [2.75, 3.05) is 11.9 Å². The van der Waals surface area contributed by atoms with E-state index in [1.165, 1.54) is 12.8 Å². The van der Waals surface area contributed by atoms with Gasteiger partial charge in [0, 0.05) is 25.3 Å². The standard InChI is InChI=1S/C16H21N3O2/c1-19-14-7-6-11(8-12(14)9-15(19)20)10-17-16(21)18-13-4-2-3-5-13/h6-8,13H,2-5,9-10H2,1H3,(H2,17,18,21). The van der Waals surface area contributed by atoms with Gasteiger partial charge in [-0.3, -0.25) is 4.79 Å². The van der Waals surface area contributed by atoms with E-state index in [1.807, 2.05) is 18.2 Å². The number of urea groups is 1. The molecular formula is C16H21N3O2. The molecule has 0 aromatic heterocycles. The van der Waals surface area contributed by atoms with Crippen LogP contribution in [0.5, 0.6) is 0 Å². The number of fused-ring (bicyclic) bond motifs is 1. The van der Waals surface area contributed by atoms with Crippen LogP contribution in [0, 0.1) is 0 Å². The third-order valence-electron chi connectivity index (χ3n) is 4.36. The summed E-state index contributed by atoms with van der Waals surface area (Å²) in [6, 6.07) is 6.15. The van der Waals surface area contributed by atoms with Gasteiger partial charge >= 0.3 is 6.03 Å². The highest BCUT2D eigenvalue weighted by Crippen LogP contribution is 2.28. The van der Waals surface area contributed by atoms with Crippen LogP contribution < -0.4 is 15.5 Å². The molecule has 0 atom stereocenters. The van der Waals surface area contributed by atoms with E-state index in [2.05, 4.69) is 10.6 Å². The molecule has 0 bridgehead atoms. The van der Waals surface area contributed by atoms with Gasteiger partial charge in [-0.2, -0.15) is 0 Å². The normalized spacial score (nSPS) is 18.0. The third kappa shape index (κ3) is 3.01. The van der Waals surface area contributed by atoms with Crippen LogP contribution in [-0.4, -0.2) is 25.0 Å². The summed E-state index contributed by atoms with van der Waals surface area (Å²) in [4.78, 5) is 25.2. The van der Waals surface area contributed by atoms with Crippen molar-refractivity contribution in [2.45, 2.75) is 44.7 Å². The van der Waals surface area contributed by atoms with Gasteiger partial charge in [-0.25, -0.2) is 4.79 Å².